The Morgan fingerprint density at radius 1 is 1.36 bits per heavy atom. The molecule has 0 saturated carbocycles. The molecule has 1 atom stereocenters. The molecule has 2 N–H and O–H groups in total. The van der Waals surface area contributed by atoms with Crippen LogP contribution in [-0.4, -0.2) is 28.8 Å². The molecule has 1 aliphatic carbocycles. The number of hydrogen-bond acceptors (Lipinski definition) is 2. The third kappa shape index (κ3) is 4.54. The van der Waals surface area contributed by atoms with E-state index in [1.165, 1.54) is 16.8 Å². The predicted molar refractivity (Wildman–Crippen MR) is 103 cm³/mol. The Hall–Kier alpha value is -2.01. The van der Waals surface area contributed by atoms with Crippen molar-refractivity contribution < 1.29 is 0 Å². The van der Waals surface area contributed by atoms with Gasteiger partial charge in [-0.2, -0.15) is 5.10 Å². The summed E-state index contributed by atoms with van der Waals surface area (Å²) < 4.78 is 2.07. The second-order valence-electron chi connectivity index (χ2n) is 6.81. The first-order valence-electron chi connectivity index (χ1n) is 8.83. The number of guanidine groups is 1. The van der Waals surface area contributed by atoms with Gasteiger partial charge in [-0.3, -0.25) is 9.67 Å². The van der Waals surface area contributed by atoms with Crippen LogP contribution in [0.3, 0.4) is 0 Å². The molecule has 1 aliphatic rings. The van der Waals surface area contributed by atoms with Gasteiger partial charge < -0.3 is 10.6 Å². The number of aryl methyl sites for hydroxylation is 1. The maximum atomic E-state index is 5.93. The average Bonchev–Trinajstić information content (AvgIpc) is 3.03. The van der Waals surface area contributed by atoms with E-state index < -0.39 is 0 Å². The molecule has 25 heavy (non-hydrogen) atoms. The number of hydrogen-bond donors (Lipinski definition) is 2. The number of halogens is 1. The molecule has 0 aliphatic heterocycles. The lowest BCUT2D eigenvalue weighted by atomic mass is 9.94. The van der Waals surface area contributed by atoms with Gasteiger partial charge in [0, 0.05) is 43.3 Å². The van der Waals surface area contributed by atoms with Gasteiger partial charge in [0.2, 0.25) is 0 Å². The van der Waals surface area contributed by atoms with Crippen molar-refractivity contribution in [2.75, 3.05) is 7.05 Å². The lowest BCUT2D eigenvalue weighted by Gasteiger charge is -2.24. The van der Waals surface area contributed by atoms with Gasteiger partial charge in [-0.25, -0.2) is 0 Å². The molecular weight excluding hydrogens is 334 g/mol. The zero-order valence-corrected chi connectivity index (χ0v) is 15.8. The van der Waals surface area contributed by atoms with Crippen LogP contribution in [0.4, 0.5) is 0 Å². The second-order valence-corrected chi connectivity index (χ2v) is 7.25. The third-order valence-corrected chi connectivity index (χ3v) is 4.82. The monoisotopic (exact) mass is 359 g/mol. The summed E-state index contributed by atoms with van der Waals surface area (Å²) in [5, 5.41) is 12.4. The van der Waals surface area contributed by atoms with Crippen LogP contribution in [0.15, 0.2) is 35.5 Å². The fourth-order valence-electron chi connectivity index (χ4n) is 3.08. The first kappa shape index (κ1) is 17.8. The van der Waals surface area contributed by atoms with Gasteiger partial charge in [-0.1, -0.05) is 23.7 Å². The van der Waals surface area contributed by atoms with Crippen LogP contribution >= 0.6 is 11.6 Å². The smallest absolute Gasteiger partial charge is 0.191 e. The predicted octanol–water partition coefficient (Wildman–Crippen LogP) is 3.34. The molecule has 1 unspecified atom stereocenters. The molecule has 0 spiro atoms. The van der Waals surface area contributed by atoms with Gasteiger partial charge in [-0.15, -0.1) is 0 Å². The van der Waals surface area contributed by atoms with E-state index in [1.807, 2.05) is 24.3 Å². The maximum Gasteiger partial charge on any atom is 0.191 e. The normalized spacial score (nSPS) is 17.5. The van der Waals surface area contributed by atoms with Crippen LogP contribution in [-0.2, 0) is 19.4 Å². The summed E-state index contributed by atoms with van der Waals surface area (Å²) in [4.78, 5) is 4.35. The zero-order chi connectivity index (χ0) is 17.8. The second kappa shape index (κ2) is 7.91. The highest BCUT2D eigenvalue weighted by molar-refractivity contribution is 6.30. The summed E-state index contributed by atoms with van der Waals surface area (Å²) in [6.07, 6.45) is 5.30. The van der Waals surface area contributed by atoms with Crippen LogP contribution in [0, 0.1) is 0 Å². The number of rotatable bonds is 4. The Bertz CT molecular complexity index is 733. The van der Waals surface area contributed by atoms with Crippen LogP contribution in [0.2, 0.25) is 5.02 Å². The standard InChI is InChI=1S/C19H26ClN5/c1-13(2)25-12-15-6-9-17(10-18(15)24-25)23-19(21-3)22-11-14-4-7-16(20)8-5-14/h4-5,7-8,12-13,17H,6,9-11H2,1-3H3,(H2,21,22,23). The fraction of sp³-hybridized carbons (Fsp3) is 0.474. The van der Waals surface area contributed by atoms with E-state index in [-0.39, 0.29) is 0 Å². The molecule has 0 radical (unpaired) electrons. The van der Waals surface area contributed by atoms with Crippen molar-refractivity contribution in [3.63, 3.8) is 0 Å². The highest BCUT2D eigenvalue weighted by Crippen LogP contribution is 2.21. The van der Waals surface area contributed by atoms with E-state index in [0.29, 0.717) is 12.1 Å². The van der Waals surface area contributed by atoms with Gasteiger partial charge in [0.15, 0.2) is 5.96 Å². The van der Waals surface area contributed by atoms with Crippen molar-refractivity contribution >= 4 is 17.6 Å². The number of nitrogens with zero attached hydrogens (tertiary/aromatic N) is 3. The molecule has 1 aromatic heterocycles. The largest absolute Gasteiger partial charge is 0.353 e. The minimum atomic E-state index is 0.361. The average molecular weight is 360 g/mol. The minimum absolute atomic E-state index is 0.361. The molecule has 2 aromatic rings. The van der Waals surface area contributed by atoms with Gasteiger partial charge in [-0.05, 0) is 49.9 Å². The van der Waals surface area contributed by atoms with Crippen molar-refractivity contribution in [3.05, 3.63) is 52.3 Å². The maximum absolute atomic E-state index is 5.93. The Morgan fingerprint density at radius 3 is 2.80 bits per heavy atom. The molecule has 5 nitrogen and oxygen atoms in total. The summed E-state index contributed by atoms with van der Waals surface area (Å²) in [5.41, 5.74) is 3.77. The molecule has 0 bridgehead atoms. The van der Waals surface area contributed by atoms with E-state index in [1.54, 1.807) is 7.05 Å². The van der Waals surface area contributed by atoms with Crippen LogP contribution < -0.4 is 10.6 Å². The molecule has 134 valence electrons. The molecular formula is C19H26ClN5. The summed E-state index contributed by atoms with van der Waals surface area (Å²) in [6, 6.07) is 8.62. The highest BCUT2D eigenvalue weighted by atomic mass is 35.5. The summed E-state index contributed by atoms with van der Waals surface area (Å²) in [5.74, 6) is 0.826. The topological polar surface area (TPSA) is 54.2 Å². The molecule has 6 heteroatoms. The van der Waals surface area contributed by atoms with Gasteiger partial charge in [0.25, 0.3) is 0 Å². The molecule has 3 rings (SSSR count). The number of nitrogens with one attached hydrogen (secondary N) is 2. The molecule has 0 amide bonds. The van der Waals surface area contributed by atoms with Gasteiger partial charge >= 0.3 is 0 Å². The Labute approximate surface area is 154 Å². The van der Waals surface area contributed by atoms with Crippen molar-refractivity contribution in [2.45, 2.75) is 51.7 Å². The first-order valence-corrected chi connectivity index (χ1v) is 9.21. The summed E-state index contributed by atoms with van der Waals surface area (Å²) in [6.45, 7) is 5.05. The molecule has 0 fully saturated rings. The summed E-state index contributed by atoms with van der Waals surface area (Å²) >= 11 is 5.93. The number of aromatic nitrogens is 2. The minimum Gasteiger partial charge on any atom is -0.353 e. The molecule has 1 aromatic carbocycles. The van der Waals surface area contributed by atoms with E-state index in [9.17, 15) is 0 Å². The van der Waals surface area contributed by atoms with E-state index in [0.717, 1.165) is 36.8 Å². The SMILES string of the molecule is CN=C(NCc1ccc(Cl)cc1)NC1CCc2cn(C(C)C)nc2C1. The zero-order valence-electron chi connectivity index (χ0n) is 15.1. The van der Waals surface area contributed by atoms with Gasteiger partial charge in [0.05, 0.1) is 5.69 Å². The first-order chi connectivity index (χ1) is 12.0. The fourth-order valence-corrected chi connectivity index (χ4v) is 3.20. The van der Waals surface area contributed by atoms with Crippen LogP contribution in [0.5, 0.6) is 0 Å². The Kier molecular flexibility index (Phi) is 5.63. The van der Waals surface area contributed by atoms with E-state index in [2.05, 4.69) is 40.4 Å². The van der Waals surface area contributed by atoms with Crippen molar-refractivity contribution in [1.29, 1.82) is 0 Å². The molecule has 0 saturated heterocycles. The van der Waals surface area contributed by atoms with Crippen molar-refractivity contribution in [2.24, 2.45) is 4.99 Å². The Morgan fingerprint density at radius 2 is 2.12 bits per heavy atom. The van der Waals surface area contributed by atoms with E-state index in [4.69, 9.17) is 16.7 Å². The molecule has 1 heterocycles. The number of aliphatic imine (C=N–C) groups is 1. The third-order valence-electron chi connectivity index (χ3n) is 4.56. The van der Waals surface area contributed by atoms with Gasteiger partial charge in [0.1, 0.15) is 0 Å². The Balaban J connectivity index is 1.56. The van der Waals surface area contributed by atoms with Crippen molar-refractivity contribution in [3.8, 4) is 0 Å². The highest BCUT2D eigenvalue weighted by Gasteiger charge is 2.22. The van der Waals surface area contributed by atoms with Crippen molar-refractivity contribution in [1.82, 2.24) is 20.4 Å². The van der Waals surface area contributed by atoms with E-state index >= 15 is 0 Å². The lowest BCUT2D eigenvalue weighted by Crippen LogP contribution is -2.45. The van der Waals surface area contributed by atoms with Crippen LogP contribution in [0.25, 0.3) is 0 Å². The van der Waals surface area contributed by atoms with Crippen LogP contribution in [0.1, 0.15) is 43.1 Å². The quantitative estimate of drug-likeness (QED) is 0.650. The number of fused-ring (bicyclic) bond motifs is 1. The summed E-state index contributed by atoms with van der Waals surface area (Å²) in [7, 11) is 1.80. The lowest BCUT2D eigenvalue weighted by molar-refractivity contribution is 0.499. The number of benzene rings is 1.